The number of carbonyl (C=O) groups excluding carboxylic acids is 1. The van der Waals surface area contributed by atoms with Crippen LogP contribution in [0.25, 0.3) is 16.9 Å². The number of anilines is 1. The fourth-order valence-electron chi connectivity index (χ4n) is 3.14. The standard InChI is InChI=1S/C22H21N5O/c1-3-20(28)17-9-10-19-18(13-17)24-14-27(19)21-11-12-23-22(26-21)25-15(2)16-7-5-4-6-8-16/h4-15H,3H2,1-2H3,(H,23,25,26)/t15-/m0/s1. The second kappa shape index (κ2) is 7.60. The van der Waals surface area contributed by atoms with Gasteiger partial charge < -0.3 is 5.32 Å². The Balaban J connectivity index is 1.63. The summed E-state index contributed by atoms with van der Waals surface area (Å²) in [4.78, 5) is 25.4. The zero-order chi connectivity index (χ0) is 19.5. The van der Waals surface area contributed by atoms with Crippen molar-refractivity contribution in [2.24, 2.45) is 0 Å². The van der Waals surface area contributed by atoms with Crippen molar-refractivity contribution in [2.45, 2.75) is 26.3 Å². The first-order valence-electron chi connectivity index (χ1n) is 9.31. The highest BCUT2D eigenvalue weighted by Gasteiger charge is 2.11. The maximum atomic E-state index is 11.9. The van der Waals surface area contributed by atoms with Crippen molar-refractivity contribution < 1.29 is 4.79 Å². The number of ketones is 1. The summed E-state index contributed by atoms with van der Waals surface area (Å²) in [5, 5.41) is 3.34. The molecule has 0 aliphatic carbocycles. The summed E-state index contributed by atoms with van der Waals surface area (Å²) in [6.07, 6.45) is 3.92. The van der Waals surface area contributed by atoms with Gasteiger partial charge in [-0.15, -0.1) is 0 Å². The third kappa shape index (κ3) is 3.49. The Morgan fingerprint density at radius 3 is 2.71 bits per heavy atom. The normalized spacial score (nSPS) is 12.1. The zero-order valence-corrected chi connectivity index (χ0v) is 15.8. The Hall–Kier alpha value is -3.54. The lowest BCUT2D eigenvalue weighted by Crippen LogP contribution is -2.10. The molecule has 1 atom stereocenters. The van der Waals surface area contributed by atoms with Crippen LogP contribution < -0.4 is 5.32 Å². The molecule has 0 bridgehead atoms. The van der Waals surface area contributed by atoms with Gasteiger partial charge in [0.1, 0.15) is 12.1 Å². The van der Waals surface area contributed by atoms with E-state index < -0.39 is 0 Å². The Morgan fingerprint density at radius 1 is 1.11 bits per heavy atom. The number of hydrogen-bond acceptors (Lipinski definition) is 5. The average Bonchev–Trinajstić information content (AvgIpc) is 3.17. The monoisotopic (exact) mass is 371 g/mol. The Kier molecular flexibility index (Phi) is 4.85. The lowest BCUT2D eigenvalue weighted by molar-refractivity contribution is 0.0988. The van der Waals surface area contributed by atoms with Gasteiger partial charge in [0.25, 0.3) is 0 Å². The summed E-state index contributed by atoms with van der Waals surface area (Å²) in [7, 11) is 0. The molecule has 0 unspecified atom stereocenters. The maximum absolute atomic E-state index is 11.9. The fourth-order valence-corrected chi connectivity index (χ4v) is 3.14. The van der Waals surface area contributed by atoms with Crippen LogP contribution in [0.5, 0.6) is 0 Å². The molecule has 1 N–H and O–H groups in total. The topological polar surface area (TPSA) is 72.7 Å². The van der Waals surface area contributed by atoms with E-state index in [9.17, 15) is 4.79 Å². The van der Waals surface area contributed by atoms with Gasteiger partial charge >= 0.3 is 0 Å². The number of carbonyl (C=O) groups is 1. The second-order valence-electron chi connectivity index (χ2n) is 6.61. The van der Waals surface area contributed by atoms with Crippen molar-refractivity contribution in [3.05, 3.63) is 78.2 Å². The molecular weight excluding hydrogens is 350 g/mol. The number of aromatic nitrogens is 4. The Labute approximate surface area is 163 Å². The smallest absolute Gasteiger partial charge is 0.225 e. The molecule has 0 saturated carbocycles. The molecule has 2 aromatic carbocycles. The van der Waals surface area contributed by atoms with E-state index in [0.29, 0.717) is 17.9 Å². The minimum Gasteiger partial charge on any atom is -0.348 e. The Morgan fingerprint density at radius 2 is 1.93 bits per heavy atom. The van der Waals surface area contributed by atoms with E-state index in [1.54, 1.807) is 12.5 Å². The van der Waals surface area contributed by atoms with Crippen molar-refractivity contribution in [3.63, 3.8) is 0 Å². The summed E-state index contributed by atoms with van der Waals surface area (Å²) >= 11 is 0. The lowest BCUT2D eigenvalue weighted by Gasteiger charge is -2.14. The van der Waals surface area contributed by atoms with Gasteiger partial charge in [-0.2, -0.15) is 4.98 Å². The Bertz CT molecular complexity index is 1120. The van der Waals surface area contributed by atoms with Gasteiger partial charge in [-0.3, -0.25) is 9.36 Å². The van der Waals surface area contributed by atoms with Crippen molar-refractivity contribution in [1.29, 1.82) is 0 Å². The van der Waals surface area contributed by atoms with Crippen LogP contribution in [0.4, 0.5) is 5.95 Å². The molecule has 0 radical (unpaired) electrons. The predicted octanol–water partition coefficient (Wildman–Crippen LogP) is 4.58. The van der Waals surface area contributed by atoms with Crippen LogP contribution in [0.2, 0.25) is 0 Å². The largest absolute Gasteiger partial charge is 0.348 e. The van der Waals surface area contributed by atoms with E-state index in [1.807, 2.05) is 54.0 Å². The summed E-state index contributed by atoms with van der Waals surface area (Å²) < 4.78 is 1.90. The molecule has 6 heteroatoms. The van der Waals surface area contributed by atoms with Gasteiger partial charge in [0.15, 0.2) is 5.78 Å². The highest BCUT2D eigenvalue weighted by atomic mass is 16.1. The molecule has 2 aromatic heterocycles. The van der Waals surface area contributed by atoms with Crippen molar-refractivity contribution in [3.8, 4) is 5.82 Å². The molecule has 140 valence electrons. The van der Waals surface area contributed by atoms with E-state index in [4.69, 9.17) is 0 Å². The number of rotatable bonds is 6. The highest BCUT2D eigenvalue weighted by molar-refractivity contribution is 5.98. The molecule has 0 spiro atoms. The van der Waals surface area contributed by atoms with Crippen molar-refractivity contribution >= 4 is 22.8 Å². The lowest BCUT2D eigenvalue weighted by atomic mass is 10.1. The summed E-state index contributed by atoms with van der Waals surface area (Å²) in [6.45, 7) is 3.93. The first-order chi connectivity index (χ1) is 13.7. The van der Waals surface area contributed by atoms with Gasteiger partial charge in [-0.05, 0) is 36.8 Å². The van der Waals surface area contributed by atoms with E-state index in [-0.39, 0.29) is 11.8 Å². The SMILES string of the molecule is CCC(=O)c1ccc2c(c1)ncn2-c1ccnc(N[C@@H](C)c2ccccc2)n1. The minimum absolute atomic E-state index is 0.0820. The number of nitrogens with one attached hydrogen (secondary N) is 1. The minimum atomic E-state index is 0.0820. The third-order valence-electron chi connectivity index (χ3n) is 4.72. The van der Waals surface area contributed by atoms with Crippen molar-refractivity contribution in [1.82, 2.24) is 19.5 Å². The molecule has 4 aromatic rings. The number of fused-ring (bicyclic) bond motifs is 1. The summed E-state index contributed by atoms with van der Waals surface area (Å²) in [5.41, 5.74) is 3.51. The average molecular weight is 371 g/mol. The number of benzene rings is 2. The fraction of sp³-hybridized carbons (Fsp3) is 0.182. The van der Waals surface area contributed by atoms with Crippen LogP contribution in [0.3, 0.4) is 0 Å². The van der Waals surface area contributed by atoms with Gasteiger partial charge in [0, 0.05) is 18.2 Å². The van der Waals surface area contributed by atoms with Crippen LogP contribution in [-0.2, 0) is 0 Å². The van der Waals surface area contributed by atoms with Crippen LogP contribution >= 0.6 is 0 Å². The quantitative estimate of drug-likeness (QED) is 0.502. The van der Waals surface area contributed by atoms with E-state index in [1.165, 1.54) is 0 Å². The molecule has 0 fully saturated rings. The molecule has 0 aliphatic rings. The molecule has 6 nitrogen and oxygen atoms in total. The highest BCUT2D eigenvalue weighted by Crippen LogP contribution is 2.21. The van der Waals surface area contributed by atoms with Gasteiger partial charge in [0.2, 0.25) is 5.95 Å². The number of hydrogen-bond donors (Lipinski definition) is 1. The van der Waals surface area contributed by atoms with Gasteiger partial charge in [0.05, 0.1) is 17.1 Å². The third-order valence-corrected chi connectivity index (χ3v) is 4.72. The summed E-state index contributed by atoms with van der Waals surface area (Å²) in [5.74, 6) is 1.38. The van der Waals surface area contributed by atoms with Crippen LogP contribution in [-0.4, -0.2) is 25.3 Å². The molecule has 2 heterocycles. The predicted molar refractivity (Wildman–Crippen MR) is 110 cm³/mol. The van der Waals surface area contributed by atoms with E-state index in [2.05, 4.69) is 39.3 Å². The maximum Gasteiger partial charge on any atom is 0.225 e. The zero-order valence-electron chi connectivity index (χ0n) is 15.8. The molecular formula is C22H21N5O. The van der Waals surface area contributed by atoms with Crippen LogP contribution in [0.15, 0.2) is 67.1 Å². The van der Waals surface area contributed by atoms with Crippen LogP contribution in [0.1, 0.15) is 42.2 Å². The molecule has 0 aliphatic heterocycles. The van der Waals surface area contributed by atoms with Gasteiger partial charge in [-0.1, -0.05) is 37.3 Å². The molecule has 0 amide bonds. The van der Waals surface area contributed by atoms with Crippen molar-refractivity contribution in [2.75, 3.05) is 5.32 Å². The van der Waals surface area contributed by atoms with E-state index >= 15 is 0 Å². The number of imidazole rings is 1. The molecule has 28 heavy (non-hydrogen) atoms. The molecule has 4 rings (SSSR count). The molecule has 0 saturated heterocycles. The summed E-state index contributed by atoms with van der Waals surface area (Å²) in [6, 6.07) is 17.7. The first-order valence-corrected chi connectivity index (χ1v) is 9.31. The van der Waals surface area contributed by atoms with Crippen LogP contribution in [0, 0.1) is 0 Å². The number of nitrogens with zero attached hydrogens (tertiary/aromatic N) is 4. The number of Topliss-reactive ketones (excluding diaryl/α,β-unsaturated/α-hetero) is 1. The van der Waals surface area contributed by atoms with Gasteiger partial charge in [-0.25, -0.2) is 9.97 Å². The first kappa shape index (κ1) is 17.9. The second-order valence-corrected chi connectivity index (χ2v) is 6.61. The van der Waals surface area contributed by atoms with E-state index in [0.717, 1.165) is 22.4 Å².